The van der Waals surface area contributed by atoms with E-state index in [0.29, 0.717) is 5.56 Å². The van der Waals surface area contributed by atoms with Gasteiger partial charge in [0.05, 0.1) is 16.5 Å². The van der Waals surface area contributed by atoms with E-state index in [2.05, 4.69) is 15.8 Å². The first kappa shape index (κ1) is 17.6. The molecule has 5 nitrogen and oxygen atoms in total. The number of hydrogen-bond donors (Lipinski definition) is 1. The summed E-state index contributed by atoms with van der Waals surface area (Å²) < 4.78 is 27.7. The molecule has 6 heteroatoms. The Bertz CT molecular complexity index is 1120. The van der Waals surface area contributed by atoms with E-state index in [0.717, 1.165) is 22.4 Å². The van der Waals surface area contributed by atoms with E-state index in [9.17, 15) is 8.42 Å². The molecule has 0 fully saturated rings. The number of sulfonamides is 1. The van der Waals surface area contributed by atoms with Crippen molar-refractivity contribution in [3.63, 3.8) is 0 Å². The van der Waals surface area contributed by atoms with Crippen LogP contribution in [-0.2, 0) is 10.0 Å². The first-order chi connectivity index (χ1) is 12.4. The minimum Gasteiger partial charge on any atom is -0.263 e. The molecule has 3 aromatic rings. The zero-order valence-corrected chi connectivity index (χ0v) is 15.2. The van der Waals surface area contributed by atoms with Crippen LogP contribution in [0.5, 0.6) is 0 Å². The molecule has 1 N–H and O–H groups in total. The van der Waals surface area contributed by atoms with Gasteiger partial charge in [0.1, 0.15) is 5.82 Å². The fourth-order valence-corrected chi connectivity index (χ4v) is 3.77. The van der Waals surface area contributed by atoms with Crippen LogP contribution in [0.4, 0.5) is 5.82 Å². The molecule has 130 valence electrons. The molecule has 2 aromatic carbocycles. The second-order valence-electron chi connectivity index (χ2n) is 5.94. The normalized spacial score (nSPS) is 11.0. The lowest BCUT2D eigenvalue weighted by Crippen LogP contribution is -2.14. The van der Waals surface area contributed by atoms with Crippen molar-refractivity contribution in [1.29, 1.82) is 5.26 Å². The number of nitrogens with zero attached hydrogens (tertiary/aromatic N) is 2. The molecule has 0 saturated carbocycles. The number of nitriles is 1. The smallest absolute Gasteiger partial charge is 0.263 e. The van der Waals surface area contributed by atoms with Gasteiger partial charge in [0, 0.05) is 5.69 Å². The second kappa shape index (κ2) is 6.98. The van der Waals surface area contributed by atoms with E-state index in [4.69, 9.17) is 5.26 Å². The Balaban J connectivity index is 1.95. The van der Waals surface area contributed by atoms with E-state index in [-0.39, 0.29) is 10.7 Å². The van der Waals surface area contributed by atoms with Gasteiger partial charge in [-0.1, -0.05) is 24.3 Å². The Labute approximate surface area is 153 Å². The quantitative estimate of drug-likeness (QED) is 0.758. The summed E-state index contributed by atoms with van der Waals surface area (Å²) in [6.45, 7) is 3.64. The van der Waals surface area contributed by atoms with Crippen molar-refractivity contribution < 1.29 is 8.42 Å². The minimum absolute atomic E-state index is 0.165. The molecule has 0 aliphatic rings. The topological polar surface area (TPSA) is 82.9 Å². The van der Waals surface area contributed by atoms with E-state index in [1.54, 1.807) is 55.5 Å². The van der Waals surface area contributed by atoms with Gasteiger partial charge in [0.25, 0.3) is 10.0 Å². The lowest BCUT2D eigenvalue weighted by Gasteiger charge is -2.11. The highest BCUT2D eigenvalue weighted by Gasteiger charge is 2.16. The molecule has 26 heavy (non-hydrogen) atoms. The zero-order valence-electron chi connectivity index (χ0n) is 14.4. The van der Waals surface area contributed by atoms with Crippen LogP contribution in [0.15, 0.2) is 65.6 Å². The Morgan fingerprint density at radius 1 is 1.00 bits per heavy atom. The van der Waals surface area contributed by atoms with Crippen molar-refractivity contribution in [1.82, 2.24) is 4.98 Å². The van der Waals surface area contributed by atoms with Crippen LogP contribution in [-0.4, -0.2) is 13.4 Å². The SMILES string of the molecule is Cc1cccc(NS(=O)(=O)c2ccc(-c3cccc(C#N)c3)c(C)c2)n1. The molecule has 0 spiro atoms. The number of nitrogens with one attached hydrogen (secondary N) is 1. The van der Waals surface area contributed by atoms with Gasteiger partial charge in [-0.25, -0.2) is 13.4 Å². The molecule has 0 bridgehead atoms. The Kier molecular flexibility index (Phi) is 4.74. The summed E-state index contributed by atoms with van der Waals surface area (Å²) in [7, 11) is -3.73. The molecule has 0 radical (unpaired) electrons. The van der Waals surface area contributed by atoms with Crippen molar-refractivity contribution in [3.05, 3.63) is 77.5 Å². The molecule has 0 amide bonds. The van der Waals surface area contributed by atoms with Gasteiger partial charge in [0.2, 0.25) is 0 Å². The molecular weight excluding hydrogens is 346 g/mol. The molecule has 1 heterocycles. The van der Waals surface area contributed by atoms with Crippen molar-refractivity contribution >= 4 is 15.8 Å². The summed E-state index contributed by atoms with van der Waals surface area (Å²) in [5, 5.41) is 9.05. The molecule has 0 atom stereocenters. The molecule has 3 rings (SSSR count). The predicted molar refractivity (Wildman–Crippen MR) is 101 cm³/mol. The standard InChI is InChI=1S/C20H17N3O2S/c1-14-11-18(26(24,25)23-20-8-3-5-15(2)22-20)9-10-19(14)17-7-4-6-16(12-17)13-21/h3-12H,1-2H3,(H,22,23). The molecule has 0 aliphatic carbocycles. The molecule has 0 aliphatic heterocycles. The van der Waals surface area contributed by atoms with Gasteiger partial charge in [-0.3, -0.25) is 4.72 Å². The molecule has 0 saturated heterocycles. The number of aryl methyl sites for hydroxylation is 2. The van der Waals surface area contributed by atoms with Crippen molar-refractivity contribution in [2.24, 2.45) is 0 Å². The third kappa shape index (κ3) is 3.73. The number of anilines is 1. The van der Waals surface area contributed by atoms with Crippen LogP contribution < -0.4 is 4.72 Å². The number of aromatic nitrogens is 1. The van der Waals surface area contributed by atoms with Gasteiger partial charge in [0.15, 0.2) is 0 Å². The van der Waals surface area contributed by atoms with E-state index < -0.39 is 10.0 Å². The van der Waals surface area contributed by atoms with Crippen molar-refractivity contribution in [2.45, 2.75) is 18.7 Å². The van der Waals surface area contributed by atoms with Crippen LogP contribution in [0.1, 0.15) is 16.8 Å². The first-order valence-electron chi connectivity index (χ1n) is 7.97. The summed E-state index contributed by atoms with van der Waals surface area (Å²) in [4.78, 5) is 4.33. The average Bonchev–Trinajstić information content (AvgIpc) is 2.61. The first-order valence-corrected chi connectivity index (χ1v) is 9.45. The maximum Gasteiger partial charge on any atom is 0.263 e. The molecule has 0 unspecified atom stereocenters. The van der Waals surface area contributed by atoms with Crippen LogP contribution in [0.3, 0.4) is 0 Å². The van der Waals surface area contributed by atoms with E-state index in [1.807, 2.05) is 19.1 Å². The number of hydrogen-bond acceptors (Lipinski definition) is 4. The zero-order chi connectivity index (χ0) is 18.7. The highest BCUT2D eigenvalue weighted by Crippen LogP contribution is 2.27. The van der Waals surface area contributed by atoms with Gasteiger partial charge >= 0.3 is 0 Å². The summed E-state index contributed by atoms with van der Waals surface area (Å²) in [6.07, 6.45) is 0. The lowest BCUT2D eigenvalue weighted by atomic mass is 9.99. The van der Waals surface area contributed by atoms with Crippen molar-refractivity contribution in [2.75, 3.05) is 4.72 Å². The number of rotatable bonds is 4. The third-order valence-electron chi connectivity index (χ3n) is 3.94. The maximum atomic E-state index is 12.6. The summed E-state index contributed by atoms with van der Waals surface area (Å²) in [6, 6.07) is 19.4. The largest absolute Gasteiger partial charge is 0.263 e. The highest BCUT2D eigenvalue weighted by atomic mass is 32.2. The van der Waals surface area contributed by atoms with Gasteiger partial charge in [-0.2, -0.15) is 5.26 Å². The van der Waals surface area contributed by atoms with Gasteiger partial charge < -0.3 is 0 Å². The molecule has 1 aromatic heterocycles. The van der Waals surface area contributed by atoms with Crippen LogP contribution in [0.2, 0.25) is 0 Å². The fourth-order valence-electron chi connectivity index (χ4n) is 2.68. The fraction of sp³-hybridized carbons (Fsp3) is 0.100. The summed E-state index contributed by atoms with van der Waals surface area (Å²) in [5.41, 5.74) is 3.86. The van der Waals surface area contributed by atoms with Crippen LogP contribution in [0.25, 0.3) is 11.1 Å². The minimum atomic E-state index is -3.73. The lowest BCUT2D eigenvalue weighted by molar-refractivity contribution is 0.601. The monoisotopic (exact) mass is 363 g/mol. The van der Waals surface area contributed by atoms with Crippen molar-refractivity contribution in [3.8, 4) is 17.2 Å². The van der Waals surface area contributed by atoms with Crippen LogP contribution >= 0.6 is 0 Å². The van der Waals surface area contributed by atoms with Gasteiger partial charge in [-0.05, 0) is 66.9 Å². The average molecular weight is 363 g/mol. The summed E-state index contributed by atoms with van der Waals surface area (Å²) >= 11 is 0. The number of pyridine rings is 1. The maximum absolute atomic E-state index is 12.6. The second-order valence-corrected chi connectivity index (χ2v) is 7.62. The summed E-state index contributed by atoms with van der Waals surface area (Å²) in [5.74, 6) is 0.286. The third-order valence-corrected chi connectivity index (χ3v) is 5.29. The van der Waals surface area contributed by atoms with Gasteiger partial charge in [-0.15, -0.1) is 0 Å². The Hall–Kier alpha value is -3.17. The predicted octanol–water partition coefficient (Wildman–Crippen LogP) is 4.04. The van der Waals surface area contributed by atoms with Crippen LogP contribution in [0, 0.1) is 25.2 Å². The van der Waals surface area contributed by atoms with E-state index in [1.165, 1.54) is 0 Å². The Morgan fingerprint density at radius 3 is 2.46 bits per heavy atom. The molecular formula is C20H17N3O2S. The van der Waals surface area contributed by atoms with E-state index >= 15 is 0 Å². The number of benzene rings is 2. The highest BCUT2D eigenvalue weighted by molar-refractivity contribution is 7.92. The Morgan fingerprint density at radius 2 is 1.77 bits per heavy atom.